The molecular weight excluding hydrogens is 193 g/mol. The van der Waals surface area contributed by atoms with E-state index in [4.69, 9.17) is 5.11 Å². The molecule has 1 rings (SSSR count). The van der Waals surface area contributed by atoms with Gasteiger partial charge in [0.05, 0.1) is 5.92 Å². The number of halogens is 3. The van der Waals surface area contributed by atoms with Crippen LogP contribution in [0.25, 0.3) is 0 Å². The molecule has 14 heavy (non-hydrogen) atoms. The van der Waals surface area contributed by atoms with Crippen LogP contribution in [0, 0.1) is 11.8 Å². The summed E-state index contributed by atoms with van der Waals surface area (Å²) in [5, 5.41) is 7.57. The zero-order valence-electron chi connectivity index (χ0n) is 8.77. The van der Waals surface area contributed by atoms with Crippen molar-refractivity contribution in [3.63, 3.8) is 0 Å². The summed E-state index contributed by atoms with van der Waals surface area (Å²) >= 11 is 0. The second-order valence-electron chi connectivity index (χ2n) is 3.81. The van der Waals surface area contributed by atoms with Crippen molar-refractivity contribution in [3.8, 4) is 0 Å². The van der Waals surface area contributed by atoms with Gasteiger partial charge in [-0.1, -0.05) is 19.8 Å². The van der Waals surface area contributed by atoms with E-state index < -0.39 is 12.1 Å². The lowest BCUT2D eigenvalue weighted by Gasteiger charge is -2.27. The number of hydrogen-bond acceptors (Lipinski definition) is 1. The van der Waals surface area contributed by atoms with Crippen LogP contribution in [0.2, 0.25) is 0 Å². The number of aliphatic hydroxyl groups is 1. The first-order valence-electron chi connectivity index (χ1n) is 5.09. The van der Waals surface area contributed by atoms with E-state index in [1.165, 1.54) is 0 Å². The molecule has 0 unspecified atom stereocenters. The summed E-state index contributed by atoms with van der Waals surface area (Å²) in [6.07, 6.45) is -1.79. The molecule has 0 aromatic carbocycles. The second kappa shape index (κ2) is 6.27. The van der Waals surface area contributed by atoms with Gasteiger partial charge >= 0.3 is 6.18 Å². The molecule has 0 saturated heterocycles. The van der Waals surface area contributed by atoms with Crippen molar-refractivity contribution >= 4 is 0 Å². The zero-order valence-corrected chi connectivity index (χ0v) is 8.77. The molecule has 1 aliphatic carbocycles. The molecule has 0 radical (unpaired) electrons. The maximum absolute atomic E-state index is 12.1. The minimum absolute atomic E-state index is 0.250. The number of rotatable bonds is 0. The van der Waals surface area contributed by atoms with Crippen LogP contribution in [0.4, 0.5) is 13.2 Å². The Labute approximate surface area is 83.3 Å². The fraction of sp³-hybridized carbons (Fsp3) is 1.00. The highest BCUT2D eigenvalue weighted by Gasteiger charge is 2.40. The monoisotopic (exact) mass is 212 g/mol. The van der Waals surface area contributed by atoms with Crippen LogP contribution in [-0.4, -0.2) is 17.9 Å². The topological polar surface area (TPSA) is 20.2 Å². The fourth-order valence-electron chi connectivity index (χ4n) is 1.59. The van der Waals surface area contributed by atoms with Crippen molar-refractivity contribution in [1.82, 2.24) is 0 Å². The molecule has 86 valence electrons. The quantitative estimate of drug-likeness (QED) is 0.652. The first kappa shape index (κ1) is 13.8. The Morgan fingerprint density at radius 2 is 1.50 bits per heavy atom. The van der Waals surface area contributed by atoms with E-state index in [1.54, 1.807) is 6.92 Å². The predicted octanol–water partition coefficient (Wildman–Crippen LogP) is 3.37. The normalized spacial score (nSPS) is 27.9. The van der Waals surface area contributed by atoms with E-state index in [9.17, 15) is 13.2 Å². The van der Waals surface area contributed by atoms with E-state index in [2.05, 4.69) is 0 Å². The maximum atomic E-state index is 12.1. The lowest BCUT2D eigenvalue weighted by Crippen LogP contribution is -2.26. The zero-order chi connectivity index (χ0) is 11.2. The van der Waals surface area contributed by atoms with Crippen molar-refractivity contribution in [3.05, 3.63) is 0 Å². The van der Waals surface area contributed by atoms with Gasteiger partial charge in [-0.3, -0.25) is 0 Å². The first-order chi connectivity index (χ1) is 6.41. The lowest BCUT2D eigenvalue weighted by molar-refractivity contribution is -0.183. The molecule has 0 spiro atoms. The minimum Gasteiger partial charge on any atom is -0.397 e. The highest BCUT2D eigenvalue weighted by atomic mass is 19.4. The molecule has 0 bridgehead atoms. The van der Waals surface area contributed by atoms with Gasteiger partial charge in [-0.25, -0.2) is 0 Å². The van der Waals surface area contributed by atoms with Gasteiger partial charge in [0, 0.05) is 6.61 Å². The van der Waals surface area contributed by atoms with Gasteiger partial charge in [0.15, 0.2) is 0 Å². The van der Waals surface area contributed by atoms with Crippen LogP contribution in [0.5, 0.6) is 0 Å². The standard InChI is InChI=1S/C8H13F3.C2H6O/c1-6-2-4-7(5-3-6)8(9,10)11;1-2-3/h6-7H,2-5H2,1H3;3H,2H2,1H3. The number of alkyl halides is 3. The van der Waals surface area contributed by atoms with Crippen molar-refractivity contribution in [2.75, 3.05) is 6.61 Å². The summed E-state index contributed by atoms with van der Waals surface area (Å²) < 4.78 is 36.2. The third kappa shape index (κ3) is 5.47. The maximum Gasteiger partial charge on any atom is 0.391 e. The molecule has 0 amide bonds. The average molecular weight is 212 g/mol. The van der Waals surface area contributed by atoms with E-state index >= 15 is 0 Å². The summed E-state index contributed by atoms with van der Waals surface area (Å²) in [5.41, 5.74) is 0. The molecule has 0 aliphatic heterocycles. The Hall–Kier alpha value is -0.250. The first-order valence-corrected chi connectivity index (χ1v) is 5.09. The summed E-state index contributed by atoms with van der Waals surface area (Å²) in [7, 11) is 0. The smallest absolute Gasteiger partial charge is 0.391 e. The van der Waals surface area contributed by atoms with Gasteiger partial charge in [-0.2, -0.15) is 13.2 Å². The SMILES string of the molecule is CC1CCC(C(F)(F)F)CC1.CCO. The van der Waals surface area contributed by atoms with Crippen LogP contribution in [0.3, 0.4) is 0 Å². The Bertz CT molecular complexity index is 137. The van der Waals surface area contributed by atoms with Crippen LogP contribution >= 0.6 is 0 Å². The van der Waals surface area contributed by atoms with E-state index in [0.29, 0.717) is 18.8 Å². The summed E-state index contributed by atoms with van der Waals surface area (Å²) in [6, 6.07) is 0. The highest BCUT2D eigenvalue weighted by Crippen LogP contribution is 2.39. The summed E-state index contributed by atoms with van der Waals surface area (Å²) in [6.45, 7) is 3.95. The van der Waals surface area contributed by atoms with E-state index in [1.807, 2.05) is 6.92 Å². The molecule has 1 fully saturated rings. The summed E-state index contributed by atoms with van der Waals surface area (Å²) in [4.78, 5) is 0. The molecule has 1 saturated carbocycles. The van der Waals surface area contributed by atoms with Gasteiger partial charge in [0.25, 0.3) is 0 Å². The molecular formula is C10H19F3O. The van der Waals surface area contributed by atoms with Crippen molar-refractivity contribution < 1.29 is 18.3 Å². The van der Waals surface area contributed by atoms with Gasteiger partial charge < -0.3 is 5.11 Å². The van der Waals surface area contributed by atoms with Crippen molar-refractivity contribution in [2.45, 2.75) is 45.7 Å². The molecule has 0 aromatic heterocycles. The molecule has 0 aromatic rings. The predicted molar refractivity (Wildman–Crippen MR) is 49.9 cm³/mol. The lowest BCUT2D eigenvalue weighted by atomic mass is 9.83. The molecule has 0 heterocycles. The van der Waals surface area contributed by atoms with Crippen LogP contribution < -0.4 is 0 Å². The third-order valence-corrected chi connectivity index (χ3v) is 2.48. The Kier molecular flexibility index (Phi) is 6.16. The van der Waals surface area contributed by atoms with Gasteiger partial charge in [-0.15, -0.1) is 0 Å². The molecule has 4 heteroatoms. The highest BCUT2D eigenvalue weighted by molar-refractivity contribution is 4.74. The van der Waals surface area contributed by atoms with Crippen molar-refractivity contribution in [1.29, 1.82) is 0 Å². The second-order valence-corrected chi connectivity index (χ2v) is 3.81. The third-order valence-electron chi connectivity index (χ3n) is 2.48. The average Bonchev–Trinajstić information content (AvgIpc) is 2.04. The summed E-state index contributed by atoms with van der Waals surface area (Å²) in [5.74, 6) is -0.521. The molecule has 1 nitrogen and oxygen atoms in total. The van der Waals surface area contributed by atoms with Gasteiger partial charge in [-0.05, 0) is 25.7 Å². The van der Waals surface area contributed by atoms with Gasteiger partial charge in [0.1, 0.15) is 0 Å². The van der Waals surface area contributed by atoms with Crippen LogP contribution in [0.15, 0.2) is 0 Å². The van der Waals surface area contributed by atoms with Crippen LogP contribution in [-0.2, 0) is 0 Å². The molecule has 1 aliphatic rings. The fourth-order valence-corrected chi connectivity index (χ4v) is 1.59. The van der Waals surface area contributed by atoms with Gasteiger partial charge in [0.2, 0.25) is 0 Å². The minimum atomic E-state index is -3.94. The largest absolute Gasteiger partial charge is 0.397 e. The van der Waals surface area contributed by atoms with Crippen LogP contribution in [0.1, 0.15) is 39.5 Å². The Morgan fingerprint density at radius 3 is 1.79 bits per heavy atom. The molecule has 1 N–H and O–H groups in total. The van der Waals surface area contributed by atoms with E-state index in [-0.39, 0.29) is 6.61 Å². The number of hydrogen-bond donors (Lipinski definition) is 1. The van der Waals surface area contributed by atoms with E-state index in [0.717, 1.165) is 12.8 Å². The Balaban J connectivity index is 0.000000500. The Morgan fingerprint density at radius 1 is 1.14 bits per heavy atom. The number of aliphatic hydroxyl groups excluding tert-OH is 1. The van der Waals surface area contributed by atoms with Crippen molar-refractivity contribution in [2.24, 2.45) is 11.8 Å². The molecule has 0 atom stereocenters.